The van der Waals surface area contributed by atoms with E-state index in [0.717, 1.165) is 57.2 Å². The van der Waals surface area contributed by atoms with Crippen molar-refractivity contribution in [3.05, 3.63) is 132 Å². The minimum atomic E-state index is -4.15. The van der Waals surface area contributed by atoms with Gasteiger partial charge in [-0.1, -0.05) is 50.2 Å². The van der Waals surface area contributed by atoms with Crippen molar-refractivity contribution >= 4 is 65.5 Å². The lowest BCUT2D eigenvalue weighted by atomic mass is 9.88. The van der Waals surface area contributed by atoms with Crippen LogP contribution in [-0.4, -0.2) is 108 Å². The Morgan fingerprint density at radius 2 is 1.05 bits per heavy atom. The molecule has 3 aliphatic rings. The molecule has 1 atom stereocenters. The van der Waals surface area contributed by atoms with E-state index in [1.807, 2.05) is 81.4 Å². The molecule has 0 bridgehead atoms. The van der Waals surface area contributed by atoms with Gasteiger partial charge < -0.3 is 19.3 Å². The molecule has 2 aromatic heterocycles. The highest BCUT2D eigenvalue weighted by molar-refractivity contribution is 7.89. The summed E-state index contributed by atoms with van der Waals surface area (Å²) < 4.78 is 68.9. The van der Waals surface area contributed by atoms with Crippen LogP contribution in [0.25, 0.3) is 21.8 Å². The van der Waals surface area contributed by atoms with Gasteiger partial charge in [0.25, 0.3) is 11.8 Å². The minimum Gasteiger partial charge on any atom is -0.489 e. The molecule has 74 heavy (non-hydrogen) atoms. The van der Waals surface area contributed by atoms with Crippen molar-refractivity contribution in [2.45, 2.75) is 87.5 Å². The van der Waals surface area contributed by atoms with Crippen LogP contribution in [0.15, 0.2) is 119 Å². The molecule has 2 saturated heterocycles. The van der Waals surface area contributed by atoms with Crippen LogP contribution in [0.1, 0.15) is 62.0 Å². The number of hydrogen-bond donors (Lipinski definition) is 6. The van der Waals surface area contributed by atoms with E-state index in [1.165, 1.54) is 69.3 Å². The third-order valence-electron chi connectivity index (χ3n) is 13.4. The van der Waals surface area contributed by atoms with E-state index >= 15 is 0 Å². The topological polar surface area (TPSA) is 276 Å². The Hall–Kier alpha value is -7.08. The molecule has 2 aliphatic heterocycles. The zero-order valence-corrected chi connectivity index (χ0v) is 42.8. The number of aryl methyl sites for hydroxylation is 2. The first-order chi connectivity index (χ1) is 35.3. The summed E-state index contributed by atoms with van der Waals surface area (Å²) in [5.41, 5.74) is 5.14. The smallest absolute Gasteiger partial charge is 0.268 e. The number of pyridine rings is 2. The zero-order chi connectivity index (χ0) is 53.0. The van der Waals surface area contributed by atoms with Gasteiger partial charge in [-0.3, -0.25) is 39.6 Å². The molecule has 9 rings (SSSR count). The maximum atomic E-state index is 13.1. The van der Waals surface area contributed by atoms with E-state index in [0.29, 0.717) is 30.3 Å². The van der Waals surface area contributed by atoms with Crippen molar-refractivity contribution in [1.29, 1.82) is 0 Å². The number of nitrogens with one attached hydrogen (secondary N) is 4. The number of hydrogen-bond acceptors (Lipinski definition) is 14. The summed E-state index contributed by atoms with van der Waals surface area (Å²) in [7, 11) is -8.29. The maximum absolute atomic E-state index is 13.1. The molecule has 390 valence electrons. The second-order valence-electron chi connectivity index (χ2n) is 19.1. The predicted octanol–water partition coefficient (Wildman–Crippen LogP) is 4.82. The van der Waals surface area contributed by atoms with Crippen LogP contribution in [0.2, 0.25) is 0 Å². The number of fused-ring (bicyclic) bond motifs is 2. The molecule has 6 aromatic rings. The van der Waals surface area contributed by atoms with Crippen LogP contribution >= 0.6 is 0 Å². The number of nitrogens with zero attached hydrogens (tertiary/aromatic N) is 4. The summed E-state index contributed by atoms with van der Waals surface area (Å²) in [5.74, 6) is -1.09. The monoisotopic (exact) mass is 1050 g/mol. The van der Waals surface area contributed by atoms with Crippen LogP contribution < -0.4 is 29.9 Å². The van der Waals surface area contributed by atoms with Gasteiger partial charge in [0.1, 0.15) is 35.8 Å². The molecule has 6 N–H and O–H groups in total. The van der Waals surface area contributed by atoms with Crippen molar-refractivity contribution in [2.24, 2.45) is 11.8 Å². The lowest BCUT2D eigenvalue weighted by Crippen LogP contribution is -2.77. The molecule has 1 unspecified atom stereocenters. The van der Waals surface area contributed by atoms with Gasteiger partial charge in [0, 0.05) is 45.6 Å². The second kappa shape index (κ2) is 21.8. The molecule has 4 heterocycles. The van der Waals surface area contributed by atoms with E-state index in [4.69, 9.17) is 9.47 Å². The molecule has 0 spiro atoms. The molecular formula is C52H58N8O12S2. The summed E-state index contributed by atoms with van der Waals surface area (Å²) in [5, 5.41) is 20.4. The Kier molecular flexibility index (Phi) is 15.7. The van der Waals surface area contributed by atoms with E-state index in [-0.39, 0.29) is 66.9 Å². The van der Waals surface area contributed by atoms with Crippen LogP contribution in [0, 0.1) is 25.7 Å². The van der Waals surface area contributed by atoms with E-state index < -0.39 is 42.9 Å². The van der Waals surface area contributed by atoms with Crippen molar-refractivity contribution in [2.75, 3.05) is 26.2 Å². The number of aromatic nitrogens is 2. The van der Waals surface area contributed by atoms with Crippen molar-refractivity contribution in [3.8, 4) is 11.5 Å². The number of benzene rings is 4. The fourth-order valence-electron chi connectivity index (χ4n) is 8.86. The molecule has 4 amide bonds. The standard InChI is InChI=1S/C26H28N4O6S.C26H30N4O6S/c1-17-12-19(22-4-2-3-5-23(22)27-17)14-36-20-8-10-21(11-9-20)37(34,35)29-26(25(32)28-33)15-30(16-26)24(31)13-18-6-7-18;1-4-17(2)24(31)30-15-26(16-30,25(32)28-33)29-37(34,35)21-11-9-20(10-12-21)36-14-19-13-18(3)27-23-8-6-5-7-22(19)23/h2-5,8-12,18,29,33H,6-7,13-16H2,1H3,(H,28,32);5-13,17,29,33H,4,14-16H2,1-3H3,(H,28,32). The first kappa shape index (κ1) is 53.2. The SMILES string of the molecule is CCC(C)C(=O)N1CC(NS(=O)(=O)c2ccc(OCc3cc(C)nc4ccccc34)cc2)(C(=O)NO)C1.Cc1cc(COc2ccc(S(=O)(=O)NC3(C(=O)NO)CN(C(=O)CC4CC4)C3)cc2)c2ccccc2n1. The number of carbonyl (C=O) groups excluding carboxylic acids is 4. The lowest BCUT2D eigenvalue weighted by molar-refractivity contribution is -0.153. The number of carbonyl (C=O) groups is 4. The van der Waals surface area contributed by atoms with E-state index in [9.17, 15) is 46.4 Å². The van der Waals surface area contributed by atoms with Crippen molar-refractivity contribution in [3.63, 3.8) is 0 Å². The normalized spacial score (nSPS) is 16.2. The second-order valence-corrected chi connectivity index (χ2v) is 22.4. The summed E-state index contributed by atoms with van der Waals surface area (Å²) in [6.07, 6.45) is 3.02. The number of amides is 4. The van der Waals surface area contributed by atoms with Crippen LogP contribution in [0.3, 0.4) is 0 Å². The lowest BCUT2D eigenvalue weighted by Gasteiger charge is -2.48. The summed E-state index contributed by atoms with van der Waals surface area (Å²) >= 11 is 0. The maximum Gasteiger partial charge on any atom is 0.268 e. The summed E-state index contributed by atoms with van der Waals surface area (Å²) in [4.78, 5) is 61.2. The Balaban J connectivity index is 0.000000197. The fraction of sp³-hybridized carbons (Fsp3) is 0.346. The van der Waals surface area contributed by atoms with E-state index in [1.54, 1.807) is 6.92 Å². The van der Waals surface area contributed by atoms with Crippen molar-refractivity contribution in [1.82, 2.24) is 40.2 Å². The van der Waals surface area contributed by atoms with Gasteiger partial charge in [0.05, 0.1) is 47.0 Å². The number of likely N-dealkylation sites (tertiary alicyclic amines) is 2. The number of rotatable bonds is 18. The Morgan fingerprint density at radius 1 is 0.649 bits per heavy atom. The van der Waals surface area contributed by atoms with Gasteiger partial charge >= 0.3 is 0 Å². The Labute approximate surface area is 428 Å². The third-order valence-corrected chi connectivity index (χ3v) is 16.5. The molecule has 1 saturated carbocycles. The minimum absolute atomic E-state index is 0.0714. The molecule has 3 fully saturated rings. The highest BCUT2D eigenvalue weighted by atomic mass is 32.2. The van der Waals surface area contributed by atoms with Gasteiger partial charge in [0.2, 0.25) is 31.9 Å². The zero-order valence-electron chi connectivity index (χ0n) is 41.2. The molecular weight excluding hydrogens is 993 g/mol. The quantitative estimate of drug-likeness (QED) is 0.0498. The van der Waals surface area contributed by atoms with Gasteiger partial charge in [-0.2, -0.15) is 9.44 Å². The Bertz CT molecular complexity index is 3310. The average molecular weight is 1050 g/mol. The average Bonchev–Trinajstić information content (AvgIpc) is 4.20. The van der Waals surface area contributed by atoms with Gasteiger partial charge in [-0.05, 0) is 112 Å². The first-order valence-corrected chi connectivity index (χ1v) is 26.9. The van der Waals surface area contributed by atoms with Crippen LogP contribution in [-0.2, 0) is 52.4 Å². The van der Waals surface area contributed by atoms with E-state index in [2.05, 4.69) is 19.4 Å². The fourth-order valence-corrected chi connectivity index (χ4v) is 11.6. The molecule has 1 aliphatic carbocycles. The highest BCUT2D eigenvalue weighted by Gasteiger charge is 2.55. The Morgan fingerprint density at radius 3 is 1.45 bits per heavy atom. The third kappa shape index (κ3) is 11.8. The number of hydroxylamine groups is 2. The number of para-hydroxylation sites is 2. The highest BCUT2D eigenvalue weighted by Crippen LogP contribution is 2.35. The van der Waals surface area contributed by atoms with Crippen LogP contribution in [0.5, 0.6) is 11.5 Å². The van der Waals surface area contributed by atoms with Gasteiger partial charge in [-0.25, -0.2) is 27.8 Å². The summed E-state index contributed by atoms with van der Waals surface area (Å²) in [6.45, 7) is 7.35. The molecule has 4 aromatic carbocycles. The number of sulfonamides is 2. The predicted molar refractivity (Wildman–Crippen MR) is 270 cm³/mol. The largest absolute Gasteiger partial charge is 0.489 e. The number of ether oxygens (including phenoxy) is 2. The van der Waals surface area contributed by atoms with Gasteiger partial charge in [-0.15, -0.1) is 0 Å². The molecule has 0 radical (unpaired) electrons. The molecule has 22 heteroatoms. The molecule has 20 nitrogen and oxygen atoms in total. The first-order valence-electron chi connectivity index (χ1n) is 24.0. The van der Waals surface area contributed by atoms with Gasteiger partial charge in [0.15, 0.2) is 0 Å². The van der Waals surface area contributed by atoms with Crippen molar-refractivity contribution < 1.29 is 55.9 Å². The van der Waals surface area contributed by atoms with Crippen LogP contribution in [0.4, 0.5) is 0 Å². The summed E-state index contributed by atoms with van der Waals surface area (Å²) in [6, 6.07) is 31.1.